The van der Waals surface area contributed by atoms with E-state index in [2.05, 4.69) is 4.98 Å². The summed E-state index contributed by atoms with van der Waals surface area (Å²) in [6.07, 6.45) is 5.62. The van der Waals surface area contributed by atoms with Crippen molar-refractivity contribution in [2.24, 2.45) is 5.92 Å². The topological polar surface area (TPSA) is 96.5 Å². The van der Waals surface area contributed by atoms with Gasteiger partial charge in [0.1, 0.15) is 11.7 Å². The number of fused-ring (bicyclic) bond motifs is 1. The molecule has 6 nitrogen and oxygen atoms in total. The maximum Gasteiger partial charge on any atom is 0.326 e. The number of piperidine rings is 1. The van der Waals surface area contributed by atoms with Crippen LogP contribution in [-0.2, 0) is 4.79 Å². The van der Waals surface area contributed by atoms with E-state index < -0.39 is 12.0 Å². The highest BCUT2D eigenvalue weighted by Crippen LogP contribution is 2.38. The maximum atomic E-state index is 12.7. The third-order valence-corrected chi connectivity index (χ3v) is 5.31. The molecule has 3 N–H and O–H groups in total. The Bertz CT molecular complexity index is 559. The van der Waals surface area contributed by atoms with Gasteiger partial charge in [0.25, 0.3) is 5.91 Å². The van der Waals surface area contributed by atoms with Gasteiger partial charge in [-0.2, -0.15) is 0 Å². The van der Waals surface area contributed by atoms with Gasteiger partial charge in [0.05, 0.1) is 0 Å². The molecule has 2 fully saturated rings. The number of nitrogen functional groups attached to an aromatic ring is 1. The molecule has 7 heteroatoms. The quantitative estimate of drug-likeness (QED) is 0.870. The second kappa shape index (κ2) is 5.63. The van der Waals surface area contributed by atoms with E-state index in [-0.39, 0.29) is 17.6 Å². The Hall–Kier alpha value is -1.63. The third kappa shape index (κ3) is 2.62. The molecule has 1 aliphatic heterocycles. The number of aromatic nitrogens is 1. The monoisotopic (exact) mass is 309 g/mol. The summed E-state index contributed by atoms with van der Waals surface area (Å²) in [4.78, 5) is 29.9. The van der Waals surface area contributed by atoms with Crippen molar-refractivity contribution < 1.29 is 14.7 Å². The number of carboxylic acids is 1. The zero-order chi connectivity index (χ0) is 15.0. The molecule has 0 spiro atoms. The average Bonchev–Trinajstić information content (AvgIpc) is 2.91. The van der Waals surface area contributed by atoms with E-state index in [9.17, 15) is 14.7 Å². The minimum Gasteiger partial charge on any atom is -0.480 e. The Labute approximate surface area is 127 Å². The molecule has 1 saturated heterocycles. The van der Waals surface area contributed by atoms with Crippen molar-refractivity contribution >= 4 is 28.3 Å². The van der Waals surface area contributed by atoms with Crippen LogP contribution in [0, 0.1) is 5.92 Å². The van der Waals surface area contributed by atoms with E-state index >= 15 is 0 Å². The summed E-state index contributed by atoms with van der Waals surface area (Å²) in [5.41, 5.74) is 5.87. The number of likely N-dealkylation sites (tertiary alicyclic amines) is 1. The summed E-state index contributed by atoms with van der Waals surface area (Å²) >= 11 is 1.21. The van der Waals surface area contributed by atoms with Gasteiger partial charge in [-0.1, -0.05) is 12.8 Å². The van der Waals surface area contributed by atoms with Crippen LogP contribution in [0.1, 0.15) is 49.0 Å². The van der Waals surface area contributed by atoms with Gasteiger partial charge in [0.2, 0.25) is 0 Å². The predicted molar refractivity (Wildman–Crippen MR) is 79.1 cm³/mol. The number of hydrogen-bond acceptors (Lipinski definition) is 5. The Balaban J connectivity index is 1.92. The lowest BCUT2D eigenvalue weighted by Crippen LogP contribution is -2.57. The van der Waals surface area contributed by atoms with Crippen LogP contribution in [0.3, 0.4) is 0 Å². The minimum atomic E-state index is -0.921. The van der Waals surface area contributed by atoms with Crippen molar-refractivity contribution in [2.75, 3.05) is 5.73 Å². The van der Waals surface area contributed by atoms with Crippen molar-refractivity contribution in [3.63, 3.8) is 0 Å². The van der Waals surface area contributed by atoms with Gasteiger partial charge in [-0.15, -0.1) is 11.3 Å². The van der Waals surface area contributed by atoms with Crippen molar-refractivity contribution in [3.05, 3.63) is 11.1 Å². The van der Waals surface area contributed by atoms with Crippen LogP contribution in [0.2, 0.25) is 0 Å². The highest BCUT2D eigenvalue weighted by atomic mass is 32.1. The second-order valence-corrected chi connectivity index (χ2v) is 6.72. The Morgan fingerprint density at radius 3 is 2.71 bits per heavy atom. The van der Waals surface area contributed by atoms with E-state index in [1.807, 2.05) is 0 Å². The largest absolute Gasteiger partial charge is 0.480 e. The van der Waals surface area contributed by atoms with Crippen molar-refractivity contribution in [3.8, 4) is 0 Å². The SMILES string of the molecule is Nc1nc(C(=O)N2C(C(=O)O)CCC3CCCCC32)cs1. The molecule has 1 aromatic rings. The lowest BCUT2D eigenvalue weighted by Gasteiger charge is -2.46. The molecule has 0 bridgehead atoms. The molecular weight excluding hydrogens is 290 g/mol. The van der Waals surface area contributed by atoms with Crippen LogP contribution in [0.5, 0.6) is 0 Å². The fourth-order valence-electron chi connectivity index (χ4n) is 3.69. The number of carbonyl (C=O) groups is 2. The Kier molecular flexibility index (Phi) is 3.84. The first-order valence-electron chi connectivity index (χ1n) is 7.34. The maximum absolute atomic E-state index is 12.7. The number of anilines is 1. The molecular formula is C14H19N3O3S. The first-order valence-corrected chi connectivity index (χ1v) is 8.22. The highest BCUT2D eigenvalue weighted by Gasteiger charge is 2.44. The molecule has 3 rings (SSSR count). The van der Waals surface area contributed by atoms with Crippen LogP contribution in [0.15, 0.2) is 5.38 Å². The van der Waals surface area contributed by atoms with E-state index in [0.29, 0.717) is 17.5 Å². The summed E-state index contributed by atoms with van der Waals surface area (Å²) < 4.78 is 0. The molecule has 1 aromatic heterocycles. The van der Waals surface area contributed by atoms with Crippen LogP contribution in [-0.4, -0.2) is 39.0 Å². The molecule has 3 unspecified atom stereocenters. The van der Waals surface area contributed by atoms with Crippen molar-refractivity contribution in [2.45, 2.75) is 50.6 Å². The summed E-state index contributed by atoms with van der Waals surface area (Å²) in [5, 5.41) is 11.4. The molecule has 1 saturated carbocycles. The summed E-state index contributed by atoms with van der Waals surface area (Å²) in [6, 6.07) is -0.705. The number of aliphatic carboxylic acids is 1. The standard InChI is InChI=1S/C14H19N3O3S/c15-14-16-9(7-21-14)12(18)17-10-4-2-1-3-8(10)5-6-11(17)13(19)20/h7-8,10-11H,1-6H2,(H2,15,16)(H,19,20). The zero-order valence-corrected chi connectivity index (χ0v) is 12.5. The molecule has 1 aliphatic carbocycles. The van der Waals surface area contributed by atoms with Crippen LogP contribution >= 0.6 is 11.3 Å². The number of nitrogens with two attached hydrogens (primary N) is 1. The van der Waals surface area contributed by atoms with Gasteiger partial charge in [-0.25, -0.2) is 9.78 Å². The van der Waals surface area contributed by atoms with E-state index in [1.54, 1.807) is 10.3 Å². The Morgan fingerprint density at radius 2 is 2.05 bits per heavy atom. The summed E-state index contributed by atoms with van der Waals surface area (Å²) in [7, 11) is 0. The molecule has 0 radical (unpaired) electrons. The normalized spacial score (nSPS) is 29.0. The number of hydrogen-bond donors (Lipinski definition) is 2. The summed E-state index contributed by atoms with van der Waals surface area (Å²) in [5.74, 6) is -0.781. The van der Waals surface area contributed by atoms with Gasteiger partial charge >= 0.3 is 5.97 Å². The predicted octanol–water partition coefficient (Wildman–Crippen LogP) is 1.97. The number of amides is 1. The lowest BCUT2D eigenvalue weighted by atomic mass is 9.76. The number of carboxylic acid groups (broad SMARTS) is 1. The van der Waals surface area contributed by atoms with Crippen LogP contribution in [0.25, 0.3) is 0 Å². The van der Waals surface area contributed by atoms with Gasteiger partial charge in [0.15, 0.2) is 5.13 Å². The van der Waals surface area contributed by atoms with Gasteiger partial charge in [-0.3, -0.25) is 4.79 Å². The smallest absolute Gasteiger partial charge is 0.326 e. The first-order chi connectivity index (χ1) is 10.1. The molecule has 2 aliphatic rings. The lowest BCUT2D eigenvalue weighted by molar-refractivity contribution is -0.146. The minimum absolute atomic E-state index is 0.0315. The van der Waals surface area contributed by atoms with Crippen molar-refractivity contribution in [1.29, 1.82) is 0 Å². The summed E-state index contributed by atoms with van der Waals surface area (Å²) in [6.45, 7) is 0. The molecule has 21 heavy (non-hydrogen) atoms. The molecule has 1 amide bonds. The first kappa shape index (κ1) is 14.3. The Morgan fingerprint density at radius 1 is 1.29 bits per heavy atom. The third-order valence-electron chi connectivity index (χ3n) is 4.63. The number of rotatable bonds is 2. The molecule has 0 aromatic carbocycles. The molecule has 2 heterocycles. The average molecular weight is 309 g/mol. The van der Waals surface area contributed by atoms with Gasteiger partial charge in [0, 0.05) is 11.4 Å². The highest BCUT2D eigenvalue weighted by molar-refractivity contribution is 7.13. The zero-order valence-electron chi connectivity index (χ0n) is 11.7. The van der Waals surface area contributed by atoms with Crippen molar-refractivity contribution in [1.82, 2.24) is 9.88 Å². The van der Waals surface area contributed by atoms with E-state index in [4.69, 9.17) is 5.73 Å². The number of carbonyl (C=O) groups excluding carboxylic acids is 1. The molecule has 114 valence electrons. The second-order valence-electron chi connectivity index (χ2n) is 5.83. The van der Waals surface area contributed by atoms with Gasteiger partial charge < -0.3 is 15.7 Å². The van der Waals surface area contributed by atoms with E-state index in [1.165, 1.54) is 17.8 Å². The number of nitrogens with zero attached hydrogens (tertiary/aromatic N) is 2. The number of thiazole rings is 1. The fourth-order valence-corrected chi connectivity index (χ4v) is 4.22. The van der Waals surface area contributed by atoms with Gasteiger partial charge in [-0.05, 0) is 31.6 Å². The molecule has 3 atom stereocenters. The van der Waals surface area contributed by atoms with E-state index in [0.717, 1.165) is 25.7 Å². The fraction of sp³-hybridized carbons (Fsp3) is 0.643. The van der Waals surface area contributed by atoms with Crippen LogP contribution in [0.4, 0.5) is 5.13 Å². The van der Waals surface area contributed by atoms with Crippen LogP contribution < -0.4 is 5.73 Å².